The first-order valence-electron chi connectivity index (χ1n) is 8.61. The van der Waals surface area contributed by atoms with Crippen LogP contribution < -0.4 is 5.32 Å². The molecule has 0 aliphatic carbocycles. The van der Waals surface area contributed by atoms with Gasteiger partial charge in [0.2, 0.25) is 0 Å². The molecule has 27 heavy (non-hydrogen) atoms. The lowest BCUT2D eigenvalue weighted by atomic mass is 10.1. The molecule has 0 bridgehead atoms. The molecule has 136 valence electrons. The summed E-state index contributed by atoms with van der Waals surface area (Å²) < 4.78 is 11.1. The predicted molar refractivity (Wildman–Crippen MR) is 105 cm³/mol. The summed E-state index contributed by atoms with van der Waals surface area (Å²) in [5, 5.41) is 3.57. The molecule has 4 rings (SSSR count). The minimum atomic E-state index is -0.203. The molecule has 0 saturated heterocycles. The van der Waals surface area contributed by atoms with Crippen LogP contribution in [-0.4, -0.2) is 10.9 Å². The molecule has 0 spiro atoms. The minimum absolute atomic E-state index is 0.132. The lowest BCUT2D eigenvalue weighted by Crippen LogP contribution is -2.27. The Bertz CT molecular complexity index is 1020. The van der Waals surface area contributed by atoms with Gasteiger partial charge in [0.05, 0.1) is 12.3 Å². The maximum atomic E-state index is 12.7. The lowest BCUT2D eigenvalue weighted by Gasteiger charge is -2.13. The molecule has 0 aliphatic heterocycles. The second-order valence-corrected chi connectivity index (χ2v) is 7.03. The number of benzene rings is 2. The third kappa shape index (κ3) is 3.90. The van der Waals surface area contributed by atoms with E-state index in [2.05, 4.69) is 10.3 Å². The third-order valence-electron chi connectivity index (χ3n) is 4.20. The monoisotopic (exact) mass is 378 g/mol. The quantitative estimate of drug-likeness (QED) is 0.467. The van der Waals surface area contributed by atoms with Crippen molar-refractivity contribution in [3.8, 4) is 0 Å². The average Bonchev–Trinajstić information content (AvgIpc) is 3.36. The predicted octanol–water partition coefficient (Wildman–Crippen LogP) is 5.20. The van der Waals surface area contributed by atoms with Crippen LogP contribution in [0.5, 0.6) is 0 Å². The van der Waals surface area contributed by atoms with Gasteiger partial charge in [0.1, 0.15) is 11.3 Å². The van der Waals surface area contributed by atoms with E-state index in [0.717, 1.165) is 22.4 Å². The Morgan fingerprint density at radius 1 is 1.11 bits per heavy atom. The van der Waals surface area contributed by atoms with Gasteiger partial charge in [0, 0.05) is 11.3 Å². The van der Waals surface area contributed by atoms with Crippen molar-refractivity contribution in [3.05, 3.63) is 83.8 Å². The molecular weight excluding hydrogens is 360 g/mol. The maximum absolute atomic E-state index is 12.7. The molecule has 1 N–H and O–H groups in total. The first-order chi connectivity index (χ1) is 13.2. The Kier molecular flexibility index (Phi) is 4.98. The highest BCUT2D eigenvalue weighted by Crippen LogP contribution is 2.27. The molecular formula is C21H18N2O3S. The Labute approximate surface area is 160 Å². The molecule has 1 atom stereocenters. The first kappa shape index (κ1) is 17.4. The van der Waals surface area contributed by atoms with E-state index in [9.17, 15) is 4.79 Å². The number of nitrogens with one attached hydrogen (secondary N) is 1. The standard InChI is InChI=1S/C21H18N2O3S/c1-14(18-11-6-12-25-18)22-20(24)16-8-3-2-7-15(16)13-27-21-23-17-9-4-5-10-19(17)26-21/h2-12,14H,13H2,1H3,(H,22,24)/t14-/m0/s1. The number of aromatic nitrogens is 1. The second kappa shape index (κ2) is 7.72. The van der Waals surface area contributed by atoms with Gasteiger partial charge in [-0.05, 0) is 42.8 Å². The summed E-state index contributed by atoms with van der Waals surface area (Å²) in [6, 6.07) is 18.7. The van der Waals surface area contributed by atoms with Crippen LogP contribution >= 0.6 is 11.8 Å². The molecule has 0 saturated carbocycles. The van der Waals surface area contributed by atoms with Crippen LogP contribution in [-0.2, 0) is 5.75 Å². The van der Waals surface area contributed by atoms with Crippen LogP contribution in [0, 0.1) is 0 Å². The number of rotatable bonds is 6. The van der Waals surface area contributed by atoms with Gasteiger partial charge in [-0.1, -0.05) is 42.1 Å². The molecule has 0 unspecified atom stereocenters. The van der Waals surface area contributed by atoms with Gasteiger partial charge in [-0.3, -0.25) is 4.79 Å². The first-order valence-corrected chi connectivity index (χ1v) is 9.60. The Morgan fingerprint density at radius 3 is 2.74 bits per heavy atom. The van der Waals surface area contributed by atoms with Gasteiger partial charge in [0.15, 0.2) is 5.58 Å². The third-order valence-corrected chi connectivity index (χ3v) is 5.08. The smallest absolute Gasteiger partial charge is 0.257 e. The summed E-state index contributed by atoms with van der Waals surface area (Å²) in [4.78, 5) is 17.2. The number of carbonyl (C=O) groups is 1. The molecule has 2 aromatic heterocycles. The number of fused-ring (bicyclic) bond motifs is 1. The SMILES string of the molecule is C[C@H](NC(=O)c1ccccc1CSc1nc2ccccc2o1)c1ccco1. The van der Waals surface area contributed by atoms with Crippen molar-refractivity contribution < 1.29 is 13.6 Å². The van der Waals surface area contributed by atoms with Crippen molar-refractivity contribution in [2.75, 3.05) is 0 Å². The highest BCUT2D eigenvalue weighted by atomic mass is 32.2. The molecule has 4 aromatic rings. The van der Waals surface area contributed by atoms with E-state index in [1.54, 1.807) is 6.26 Å². The van der Waals surface area contributed by atoms with Crippen molar-refractivity contribution >= 4 is 28.8 Å². The number of hydrogen-bond acceptors (Lipinski definition) is 5. The molecule has 5 nitrogen and oxygen atoms in total. The van der Waals surface area contributed by atoms with E-state index < -0.39 is 0 Å². The van der Waals surface area contributed by atoms with Gasteiger partial charge in [-0.2, -0.15) is 0 Å². The summed E-state index contributed by atoms with van der Waals surface area (Å²) in [5.41, 5.74) is 3.16. The molecule has 1 amide bonds. The number of nitrogens with zero attached hydrogens (tertiary/aromatic N) is 1. The summed E-state index contributed by atoms with van der Waals surface area (Å²) in [6.07, 6.45) is 1.60. The van der Waals surface area contributed by atoms with Gasteiger partial charge in [-0.25, -0.2) is 4.98 Å². The van der Waals surface area contributed by atoms with E-state index in [-0.39, 0.29) is 11.9 Å². The highest BCUT2D eigenvalue weighted by molar-refractivity contribution is 7.98. The summed E-state index contributed by atoms with van der Waals surface area (Å²) in [7, 11) is 0. The number of amides is 1. The minimum Gasteiger partial charge on any atom is -0.467 e. The molecule has 2 aromatic carbocycles. The largest absolute Gasteiger partial charge is 0.467 e. The van der Waals surface area contributed by atoms with Crippen LogP contribution in [0.25, 0.3) is 11.1 Å². The van der Waals surface area contributed by atoms with E-state index in [0.29, 0.717) is 16.5 Å². The van der Waals surface area contributed by atoms with Crippen LogP contribution in [0.2, 0.25) is 0 Å². The van der Waals surface area contributed by atoms with Gasteiger partial charge >= 0.3 is 0 Å². The second-order valence-electron chi connectivity index (χ2n) is 6.10. The van der Waals surface area contributed by atoms with Crippen molar-refractivity contribution in [1.82, 2.24) is 10.3 Å². The topological polar surface area (TPSA) is 68.3 Å². The number of hydrogen-bond donors (Lipinski definition) is 1. The molecule has 2 heterocycles. The van der Waals surface area contributed by atoms with Crippen LogP contribution in [0.15, 0.2) is 81.0 Å². The number of carbonyl (C=O) groups excluding carboxylic acids is 1. The lowest BCUT2D eigenvalue weighted by molar-refractivity contribution is 0.0934. The Balaban J connectivity index is 1.48. The van der Waals surface area contributed by atoms with Crippen molar-refractivity contribution in [1.29, 1.82) is 0 Å². The molecule has 0 fully saturated rings. The summed E-state index contributed by atoms with van der Waals surface area (Å²) in [5.74, 6) is 1.18. The van der Waals surface area contributed by atoms with Gasteiger partial charge in [0.25, 0.3) is 11.1 Å². The number of thioether (sulfide) groups is 1. The fourth-order valence-corrected chi connectivity index (χ4v) is 3.65. The van der Waals surface area contributed by atoms with Crippen molar-refractivity contribution in [2.24, 2.45) is 0 Å². The Hall–Kier alpha value is -2.99. The van der Waals surface area contributed by atoms with Crippen LogP contribution in [0.4, 0.5) is 0 Å². The zero-order chi connectivity index (χ0) is 18.6. The van der Waals surface area contributed by atoms with E-state index in [1.807, 2.05) is 67.6 Å². The zero-order valence-electron chi connectivity index (χ0n) is 14.7. The zero-order valence-corrected chi connectivity index (χ0v) is 15.5. The fraction of sp³-hybridized carbons (Fsp3) is 0.143. The van der Waals surface area contributed by atoms with Crippen LogP contribution in [0.1, 0.15) is 34.6 Å². The van der Waals surface area contributed by atoms with E-state index in [1.165, 1.54) is 11.8 Å². The number of oxazole rings is 1. The number of furan rings is 1. The Morgan fingerprint density at radius 2 is 1.93 bits per heavy atom. The summed E-state index contributed by atoms with van der Waals surface area (Å²) in [6.45, 7) is 1.90. The maximum Gasteiger partial charge on any atom is 0.257 e. The van der Waals surface area contributed by atoms with E-state index in [4.69, 9.17) is 8.83 Å². The van der Waals surface area contributed by atoms with Gasteiger partial charge in [-0.15, -0.1) is 0 Å². The molecule has 6 heteroatoms. The van der Waals surface area contributed by atoms with Crippen molar-refractivity contribution in [3.63, 3.8) is 0 Å². The average molecular weight is 378 g/mol. The fourth-order valence-electron chi connectivity index (χ4n) is 2.80. The highest BCUT2D eigenvalue weighted by Gasteiger charge is 2.16. The van der Waals surface area contributed by atoms with E-state index >= 15 is 0 Å². The normalized spacial score (nSPS) is 12.2. The van der Waals surface area contributed by atoms with Gasteiger partial charge < -0.3 is 14.2 Å². The van der Waals surface area contributed by atoms with Crippen LogP contribution in [0.3, 0.4) is 0 Å². The number of para-hydroxylation sites is 2. The molecule has 0 radical (unpaired) electrons. The molecule has 0 aliphatic rings. The summed E-state index contributed by atoms with van der Waals surface area (Å²) >= 11 is 1.47. The van der Waals surface area contributed by atoms with Crippen molar-refractivity contribution in [2.45, 2.75) is 23.9 Å².